The molecular formula is C74H85F7N8O8. The van der Waals surface area contributed by atoms with Gasteiger partial charge in [0.05, 0.1) is 29.5 Å². The molecule has 6 aromatic carbocycles. The number of anilines is 2. The number of alkyl halides is 6. The third-order valence-electron chi connectivity index (χ3n) is 20.0. The topological polar surface area (TPSA) is 150 Å². The van der Waals surface area contributed by atoms with Gasteiger partial charge in [-0.25, -0.2) is 9.18 Å². The summed E-state index contributed by atoms with van der Waals surface area (Å²) in [6.07, 6.45) is -5.06. The number of likely N-dealkylation sites (tertiary alicyclic amines) is 2. The molecule has 10 rings (SSSR count). The first kappa shape index (κ1) is 71.4. The molecule has 16 nitrogen and oxygen atoms in total. The highest BCUT2D eigenvalue weighted by Gasteiger charge is 2.50. The molecule has 518 valence electrons. The van der Waals surface area contributed by atoms with Gasteiger partial charge in [-0.2, -0.15) is 26.3 Å². The molecule has 0 saturated carbocycles. The molecule has 3 fully saturated rings. The molecule has 2 atom stereocenters. The van der Waals surface area contributed by atoms with Gasteiger partial charge >= 0.3 is 18.4 Å². The average molecular weight is 1350 g/mol. The van der Waals surface area contributed by atoms with Crippen molar-refractivity contribution >= 4 is 41.1 Å². The number of likely N-dealkylation sites (N-methyl/N-ethyl adjacent to an activating group) is 3. The fraction of sp³-hybridized carbons (Fsp3) is 0.446. The van der Waals surface area contributed by atoms with Crippen LogP contribution in [-0.2, 0) is 48.9 Å². The summed E-state index contributed by atoms with van der Waals surface area (Å²) in [4.78, 5) is 81.1. The third kappa shape index (κ3) is 17.1. The number of piperidine rings is 2. The van der Waals surface area contributed by atoms with Crippen molar-refractivity contribution in [2.75, 3.05) is 123 Å². The van der Waals surface area contributed by atoms with Gasteiger partial charge in [0.15, 0.2) is 0 Å². The number of hydrogen-bond acceptors (Lipinski definition) is 10. The lowest BCUT2D eigenvalue weighted by Crippen LogP contribution is -2.50. The van der Waals surface area contributed by atoms with Gasteiger partial charge in [0.25, 0.3) is 11.8 Å². The molecule has 0 radical (unpaired) electrons. The van der Waals surface area contributed by atoms with Crippen LogP contribution in [0.2, 0.25) is 0 Å². The second-order valence-electron chi connectivity index (χ2n) is 26.2. The second kappa shape index (κ2) is 31.0. The van der Waals surface area contributed by atoms with Crippen LogP contribution >= 0.6 is 0 Å². The van der Waals surface area contributed by atoms with Gasteiger partial charge in [-0.1, -0.05) is 91.3 Å². The Balaban J connectivity index is 0.633. The number of hydrogen-bond donors (Lipinski definition) is 1. The van der Waals surface area contributed by atoms with Crippen LogP contribution in [0.5, 0.6) is 0 Å². The monoisotopic (exact) mass is 1350 g/mol. The molecule has 3 heterocycles. The van der Waals surface area contributed by atoms with E-state index in [-0.39, 0.29) is 68.6 Å². The number of rotatable bonds is 25. The molecule has 3 aliphatic heterocycles. The van der Waals surface area contributed by atoms with Crippen LogP contribution in [0.15, 0.2) is 146 Å². The number of carboxylic acid groups (broad SMARTS) is 1. The number of nitrogens with zero attached hydrogens (tertiary/aromatic N) is 8. The van der Waals surface area contributed by atoms with Gasteiger partial charge < -0.3 is 48.9 Å². The number of para-hydroxylation sites is 1. The summed E-state index contributed by atoms with van der Waals surface area (Å²) in [5.74, 6) is -1.94. The van der Waals surface area contributed by atoms with Crippen molar-refractivity contribution in [3.63, 3.8) is 0 Å². The number of fused-ring (bicyclic) bond motifs is 2. The molecule has 0 unspecified atom stereocenters. The first-order chi connectivity index (χ1) is 46.3. The largest absolute Gasteiger partial charge is 0.465 e. The fourth-order valence-electron chi connectivity index (χ4n) is 14.1. The van der Waals surface area contributed by atoms with E-state index in [2.05, 4.69) is 26.8 Å². The van der Waals surface area contributed by atoms with E-state index < -0.39 is 64.6 Å². The van der Waals surface area contributed by atoms with Gasteiger partial charge in [0, 0.05) is 121 Å². The van der Waals surface area contributed by atoms with Crippen LogP contribution in [0.3, 0.4) is 0 Å². The number of amides is 5. The molecule has 1 aliphatic carbocycles. The highest BCUT2D eigenvalue weighted by molar-refractivity contribution is 5.96. The van der Waals surface area contributed by atoms with E-state index >= 15 is 0 Å². The molecule has 5 amide bonds. The van der Waals surface area contributed by atoms with Gasteiger partial charge in [-0.3, -0.25) is 24.1 Å². The van der Waals surface area contributed by atoms with Crippen LogP contribution < -0.4 is 9.80 Å². The maximum Gasteiger partial charge on any atom is 0.416 e. The van der Waals surface area contributed by atoms with E-state index in [0.29, 0.717) is 93.7 Å². The number of halogens is 7. The maximum atomic E-state index is 14.3. The lowest BCUT2D eigenvalue weighted by molar-refractivity contribution is -0.143. The van der Waals surface area contributed by atoms with Gasteiger partial charge in [0.2, 0.25) is 11.8 Å². The highest BCUT2D eigenvalue weighted by atomic mass is 19.4. The predicted molar refractivity (Wildman–Crippen MR) is 356 cm³/mol. The van der Waals surface area contributed by atoms with Gasteiger partial charge in [-0.15, -0.1) is 0 Å². The molecule has 4 aliphatic rings. The van der Waals surface area contributed by atoms with E-state index in [1.807, 2.05) is 93.0 Å². The molecule has 97 heavy (non-hydrogen) atoms. The summed E-state index contributed by atoms with van der Waals surface area (Å²) in [5.41, 5.74) is 1.06. The molecule has 1 spiro atoms. The van der Waals surface area contributed by atoms with Crippen molar-refractivity contribution in [2.45, 2.75) is 99.7 Å². The number of carbonyl (C=O) groups excluding carboxylic acids is 4. The molecule has 0 bridgehead atoms. The molecule has 3 saturated heterocycles. The van der Waals surface area contributed by atoms with Crippen LogP contribution in [0, 0.1) is 5.82 Å². The lowest BCUT2D eigenvalue weighted by atomic mass is 9.72. The predicted octanol–water partition coefficient (Wildman–Crippen LogP) is 12.6. The summed E-state index contributed by atoms with van der Waals surface area (Å²) in [6.45, 7) is 4.87. The van der Waals surface area contributed by atoms with Crippen molar-refractivity contribution in [3.05, 3.63) is 190 Å². The zero-order valence-electron chi connectivity index (χ0n) is 55.3. The molecule has 23 heteroatoms. The van der Waals surface area contributed by atoms with E-state index in [9.17, 15) is 59.8 Å². The summed E-state index contributed by atoms with van der Waals surface area (Å²) in [7, 11) is 7.22. The standard InChI is InChI=1S/C74H85F7N8O8/c1-82(35-14-6-9-21-66(90)83(2)43-44-86-36-30-61(31-37-86)89(70(94)95)64-20-13-11-18-62(64)52-15-7-5-8-16-52)60-28-22-53(23-29-60)68(92)85(4)42-41-84(3)67(91)49-96-65-47-54-17-10-12-19-63(54)71(65)32-38-87(39-33-71)40-34-72(56-24-26-59(75)27-25-56)50-88(51-97-72)69(93)55-45-57(73(76,77)78)48-58(46-55)74(79,80)81/h5,7-8,10-13,15-20,22-29,45-46,48,61,65H,6,9,14,21,30-44,47,49-51H2,1-4H3,(H,94,95)/t65-,72-/m0/s1. The minimum atomic E-state index is -5.15. The van der Waals surface area contributed by atoms with Crippen molar-refractivity contribution < 1.29 is 69.3 Å². The van der Waals surface area contributed by atoms with E-state index in [4.69, 9.17) is 9.47 Å². The molecule has 6 aromatic rings. The van der Waals surface area contributed by atoms with Gasteiger partial charge in [0.1, 0.15) is 24.8 Å². The van der Waals surface area contributed by atoms with Crippen LogP contribution in [0.4, 0.5) is 46.9 Å². The summed E-state index contributed by atoms with van der Waals surface area (Å²) in [6, 6.07) is 39.1. The Labute approximate surface area is 562 Å². The Morgan fingerprint density at radius 3 is 1.93 bits per heavy atom. The normalized spacial score (nSPS) is 18.2. The smallest absolute Gasteiger partial charge is 0.416 e. The first-order valence-electron chi connectivity index (χ1n) is 33.2. The average Bonchev–Trinajstić information content (AvgIpc) is 1.59. The van der Waals surface area contributed by atoms with E-state index in [1.54, 1.807) is 40.9 Å². The van der Waals surface area contributed by atoms with Crippen molar-refractivity contribution in [2.24, 2.45) is 0 Å². The minimum Gasteiger partial charge on any atom is -0.465 e. The fourth-order valence-corrected chi connectivity index (χ4v) is 14.1. The van der Waals surface area contributed by atoms with Crippen molar-refractivity contribution in [1.82, 2.24) is 29.4 Å². The Morgan fingerprint density at radius 2 is 1.26 bits per heavy atom. The Morgan fingerprint density at radius 1 is 0.639 bits per heavy atom. The van der Waals surface area contributed by atoms with Crippen LogP contribution in [0.1, 0.15) is 106 Å². The summed E-state index contributed by atoms with van der Waals surface area (Å²) >= 11 is 0. The first-order valence-corrected chi connectivity index (χ1v) is 33.2. The number of ether oxygens (including phenoxy) is 2. The minimum absolute atomic E-state index is 0.0305. The number of unbranched alkanes of at least 4 members (excludes halogenated alkanes) is 2. The number of benzene rings is 6. The number of carbonyl (C=O) groups is 5. The zero-order chi connectivity index (χ0) is 69.2. The maximum absolute atomic E-state index is 14.3. The lowest BCUT2D eigenvalue weighted by Gasteiger charge is -2.44. The summed E-state index contributed by atoms with van der Waals surface area (Å²) in [5, 5.41) is 10.4. The van der Waals surface area contributed by atoms with Crippen LogP contribution in [-0.4, -0.2) is 190 Å². The van der Waals surface area contributed by atoms with E-state index in [1.165, 1.54) is 29.2 Å². The van der Waals surface area contributed by atoms with E-state index in [0.717, 1.165) is 78.3 Å². The third-order valence-corrected chi connectivity index (χ3v) is 20.0. The summed E-state index contributed by atoms with van der Waals surface area (Å²) < 4.78 is 110. The highest BCUT2D eigenvalue weighted by Crippen LogP contribution is 2.49. The van der Waals surface area contributed by atoms with Crippen LogP contribution in [0.25, 0.3) is 11.1 Å². The molecular weight excluding hydrogens is 1260 g/mol. The van der Waals surface area contributed by atoms with Crippen molar-refractivity contribution in [1.29, 1.82) is 0 Å². The Kier molecular flexibility index (Phi) is 22.8. The quantitative estimate of drug-likeness (QED) is 0.0431. The Bertz CT molecular complexity index is 3660. The molecule has 0 aromatic heterocycles. The SMILES string of the molecule is CN(CCN1CCC(N(C(=O)O)c2ccccc2-c2ccccc2)CC1)C(=O)CCCCCN(C)c1ccc(C(=O)N(C)CCN(C)C(=O)CO[C@H]2Cc3ccccc3C23CCN(CC[C@@]2(c4ccc(F)cc4)CN(C(=O)c4cc(C(F)(F)F)cc(C(F)(F)F)c4)CO2)CC3)cc1. The van der Waals surface area contributed by atoms with Crippen molar-refractivity contribution in [3.8, 4) is 11.1 Å². The van der Waals surface area contributed by atoms with Gasteiger partial charge in [-0.05, 0) is 147 Å². The molecule has 1 N–H and O–H groups in total. The zero-order valence-corrected chi connectivity index (χ0v) is 55.3. The second-order valence-corrected chi connectivity index (χ2v) is 26.2. The Hall–Kier alpha value is -8.38.